The Labute approximate surface area is 97.6 Å². The van der Waals surface area contributed by atoms with Gasteiger partial charge in [-0.05, 0) is 17.7 Å². The topological polar surface area (TPSA) is 67.3 Å². The fourth-order valence-corrected chi connectivity index (χ4v) is 1.59. The van der Waals surface area contributed by atoms with Gasteiger partial charge in [0.2, 0.25) is 0 Å². The molecule has 0 atom stereocenters. The highest BCUT2D eigenvalue weighted by Gasteiger charge is 2.11. The summed E-state index contributed by atoms with van der Waals surface area (Å²) in [6.07, 6.45) is 3.65. The minimum Gasteiger partial charge on any atom is -0.478 e. The smallest absolute Gasteiger partial charge is 0.336 e. The molecule has 2 rings (SSSR count). The summed E-state index contributed by atoms with van der Waals surface area (Å²) < 4.78 is 0. The molecule has 1 aromatic heterocycles. The molecular weight excluding hydrogens is 218 g/mol. The van der Waals surface area contributed by atoms with E-state index >= 15 is 0 Å². The number of pyridine rings is 1. The second-order valence-corrected chi connectivity index (χ2v) is 3.48. The highest BCUT2D eigenvalue weighted by Crippen LogP contribution is 2.23. The van der Waals surface area contributed by atoms with E-state index in [1.807, 2.05) is 0 Å². The van der Waals surface area contributed by atoms with Crippen LogP contribution in [0.15, 0.2) is 42.7 Å². The summed E-state index contributed by atoms with van der Waals surface area (Å²) in [6, 6.07) is 8.22. The monoisotopic (exact) mass is 227 g/mol. The van der Waals surface area contributed by atoms with Gasteiger partial charge in [-0.15, -0.1) is 0 Å². The zero-order valence-electron chi connectivity index (χ0n) is 8.83. The Morgan fingerprint density at radius 1 is 1.24 bits per heavy atom. The van der Waals surface area contributed by atoms with Gasteiger partial charge in [0.25, 0.3) is 0 Å². The summed E-state index contributed by atoms with van der Waals surface area (Å²) in [5.41, 5.74) is 1.78. The maximum Gasteiger partial charge on any atom is 0.336 e. The van der Waals surface area contributed by atoms with Crippen molar-refractivity contribution >= 4 is 12.3 Å². The number of hydrogen-bond acceptors (Lipinski definition) is 3. The molecule has 0 saturated heterocycles. The molecule has 0 saturated carbocycles. The van der Waals surface area contributed by atoms with Gasteiger partial charge in [0.05, 0.1) is 5.56 Å². The molecular formula is C13H9NO3. The molecule has 0 radical (unpaired) electrons. The van der Waals surface area contributed by atoms with Crippen LogP contribution in [0, 0.1) is 0 Å². The number of aromatic carboxylic acids is 1. The SMILES string of the molecule is O=Cc1cncc(-c2ccccc2C(=O)O)c1. The summed E-state index contributed by atoms with van der Waals surface area (Å²) in [4.78, 5) is 25.6. The summed E-state index contributed by atoms with van der Waals surface area (Å²) in [7, 11) is 0. The van der Waals surface area contributed by atoms with Crippen molar-refractivity contribution in [3.05, 3.63) is 53.9 Å². The lowest BCUT2D eigenvalue weighted by Gasteiger charge is -2.05. The maximum atomic E-state index is 11.1. The average molecular weight is 227 g/mol. The molecule has 0 fully saturated rings. The van der Waals surface area contributed by atoms with E-state index in [0.717, 1.165) is 0 Å². The normalized spacial score (nSPS) is 9.88. The summed E-state index contributed by atoms with van der Waals surface area (Å²) in [6.45, 7) is 0. The molecule has 17 heavy (non-hydrogen) atoms. The van der Waals surface area contributed by atoms with Crippen molar-refractivity contribution in [1.82, 2.24) is 4.98 Å². The number of carboxylic acid groups (broad SMARTS) is 1. The molecule has 0 bridgehead atoms. The Bertz CT molecular complexity index is 578. The zero-order chi connectivity index (χ0) is 12.3. The number of rotatable bonds is 3. The molecule has 1 heterocycles. The van der Waals surface area contributed by atoms with E-state index in [0.29, 0.717) is 23.0 Å². The molecule has 1 N–H and O–H groups in total. The van der Waals surface area contributed by atoms with Crippen LogP contribution in [0.5, 0.6) is 0 Å². The van der Waals surface area contributed by atoms with Crippen molar-refractivity contribution in [3.8, 4) is 11.1 Å². The number of aldehydes is 1. The van der Waals surface area contributed by atoms with Crippen LogP contribution >= 0.6 is 0 Å². The number of benzene rings is 1. The molecule has 2 aromatic rings. The van der Waals surface area contributed by atoms with Gasteiger partial charge in [0.1, 0.15) is 0 Å². The molecule has 84 valence electrons. The van der Waals surface area contributed by atoms with E-state index < -0.39 is 5.97 Å². The minimum atomic E-state index is -1.00. The third-order valence-electron chi connectivity index (χ3n) is 2.36. The van der Waals surface area contributed by atoms with Crippen molar-refractivity contribution in [2.24, 2.45) is 0 Å². The predicted octanol–water partition coefficient (Wildman–Crippen LogP) is 2.26. The van der Waals surface area contributed by atoms with Crippen molar-refractivity contribution in [2.45, 2.75) is 0 Å². The highest BCUT2D eigenvalue weighted by molar-refractivity contribution is 5.96. The van der Waals surface area contributed by atoms with E-state index in [1.54, 1.807) is 24.3 Å². The standard InChI is InChI=1S/C13H9NO3/c15-8-9-5-10(7-14-6-9)11-3-1-2-4-12(11)13(16)17/h1-8H,(H,16,17). The fraction of sp³-hybridized carbons (Fsp3) is 0. The van der Waals surface area contributed by atoms with E-state index in [1.165, 1.54) is 18.5 Å². The van der Waals surface area contributed by atoms with Gasteiger partial charge in [0.15, 0.2) is 6.29 Å². The Hall–Kier alpha value is -2.49. The first-order valence-corrected chi connectivity index (χ1v) is 4.95. The van der Waals surface area contributed by atoms with Crippen LogP contribution in [0.2, 0.25) is 0 Å². The predicted molar refractivity (Wildman–Crippen MR) is 62.0 cm³/mol. The third kappa shape index (κ3) is 2.20. The van der Waals surface area contributed by atoms with Crippen LogP contribution < -0.4 is 0 Å². The van der Waals surface area contributed by atoms with Crippen LogP contribution in [0.25, 0.3) is 11.1 Å². The lowest BCUT2D eigenvalue weighted by atomic mass is 10.0. The Kier molecular flexibility index (Phi) is 2.96. The molecule has 4 nitrogen and oxygen atoms in total. The first kappa shape index (κ1) is 11.0. The van der Waals surface area contributed by atoms with Crippen LogP contribution in [0.1, 0.15) is 20.7 Å². The fourth-order valence-electron chi connectivity index (χ4n) is 1.59. The van der Waals surface area contributed by atoms with Crippen LogP contribution in [-0.4, -0.2) is 22.3 Å². The average Bonchev–Trinajstić information content (AvgIpc) is 2.39. The Balaban J connectivity index is 2.59. The number of nitrogens with zero attached hydrogens (tertiary/aromatic N) is 1. The first-order chi connectivity index (χ1) is 8.22. The van der Waals surface area contributed by atoms with Crippen LogP contribution in [0.4, 0.5) is 0 Å². The molecule has 0 aliphatic heterocycles. The van der Waals surface area contributed by atoms with Gasteiger partial charge in [0, 0.05) is 23.5 Å². The van der Waals surface area contributed by atoms with Gasteiger partial charge < -0.3 is 5.11 Å². The quantitative estimate of drug-likeness (QED) is 0.816. The van der Waals surface area contributed by atoms with E-state index in [-0.39, 0.29) is 5.56 Å². The third-order valence-corrected chi connectivity index (χ3v) is 2.36. The number of carboxylic acids is 1. The van der Waals surface area contributed by atoms with Crippen LogP contribution in [-0.2, 0) is 0 Å². The molecule has 0 aliphatic rings. The van der Waals surface area contributed by atoms with Gasteiger partial charge in [-0.2, -0.15) is 0 Å². The number of carbonyl (C=O) groups is 2. The van der Waals surface area contributed by atoms with Gasteiger partial charge >= 0.3 is 5.97 Å². The van der Waals surface area contributed by atoms with Crippen molar-refractivity contribution in [1.29, 1.82) is 0 Å². The lowest BCUT2D eigenvalue weighted by Crippen LogP contribution is -1.99. The summed E-state index contributed by atoms with van der Waals surface area (Å²) >= 11 is 0. The van der Waals surface area contributed by atoms with Gasteiger partial charge in [-0.25, -0.2) is 4.79 Å². The van der Waals surface area contributed by atoms with Crippen LogP contribution in [0.3, 0.4) is 0 Å². The van der Waals surface area contributed by atoms with E-state index in [9.17, 15) is 9.59 Å². The summed E-state index contributed by atoms with van der Waals surface area (Å²) in [5, 5.41) is 9.06. The second kappa shape index (κ2) is 4.57. The second-order valence-electron chi connectivity index (χ2n) is 3.48. The minimum absolute atomic E-state index is 0.192. The van der Waals surface area contributed by atoms with Crippen molar-refractivity contribution in [2.75, 3.05) is 0 Å². The van der Waals surface area contributed by atoms with E-state index in [2.05, 4.69) is 4.98 Å². The summed E-state index contributed by atoms with van der Waals surface area (Å²) in [5.74, 6) is -1.00. The van der Waals surface area contributed by atoms with Crippen molar-refractivity contribution < 1.29 is 14.7 Å². The first-order valence-electron chi connectivity index (χ1n) is 4.95. The lowest BCUT2D eigenvalue weighted by molar-refractivity contribution is 0.0697. The number of hydrogen-bond donors (Lipinski definition) is 1. The Morgan fingerprint density at radius 2 is 2.00 bits per heavy atom. The van der Waals surface area contributed by atoms with Gasteiger partial charge in [-0.3, -0.25) is 9.78 Å². The molecule has 0 spiro atoms. The van der Waals surface area contributed by atoms with Crippen molar-refractivity contribution in [3.63, 3.8) is 0 Å². The highest BCUT2D eigenvalue weighted by atomic mass is 16.4. The van der Waals surface area contributed by atoms with Gasteiger partial charge in [-0.1, -0.05) is 18.2 Å². The molecule has 4 heteroatoms. The molecule has 0 aliphatic carbocycles. The number of carbonyl (C=O) groups excluding carboxylic acids is 1. The Morgan fingerprint density at radius 3 is 2.71 bits per heavy atom. The molecule has 0 amide bonds. The molecule has 0 unspecified atom stereocenters. The number of aromatic nitrogens is 1. The van der Waals surface area contributed by atoms with E-state index in [4.69, 9.17) is 5.11 Å². The zero-order valence-corrected chi connectivity index (χ0v) is 8.83. The largest absolute Gasteiger partial charge is 0.478 e. The maximum absolute atomic E-state index is 11.1. The molecule has 1 aromatic carbocycles.